The number of aromatic amines is 1. The third-order valence-corrected chi connectivity index (χ3v) is 2.65. The van der Waals surface area contributed by atoms with E-state index < -0.39 is 22.3 Å². The van der Waals surface area contributed by atoms with Gasteiger partial charge >= 0.3 is 11.8 Å². The van der Waals surface area contributed by atoms with Crippen molar-refractivity contribution >= 4 is 11.8 Å². The lowest BCUT2D eigenvalue weighted by Crippen LogP contribution is -2.47. The molecule has 0 aliphatic rings. The van der Waals surface area contributed by atoms with Gasteiger partial charge in [0.05, 0.1) is 18.9 Å². The van der Waals surface area contributed by atoms with Crippen LogP contribution in [0.1, 0.15) is 19.5 Å². The summed E-state index contributed by atoms with van der Waals surface area (Å²) in [5.41, 5.74) is 5.20. The van der Waals surface area contributed by atoms with Crippen molar-refractivity contribution in [2.45, 2.75) is 25.3 Å². The molecule has 0 aliphatic heterocycles. The standard InChI is InChI=1S/C9H14N4O4/c1-9(2,7(10)8(14)17-3)5-4-6(12-11-5)13(15)16/h4,7H,10H2,1-3H3,(H,11,12). The lowest BCUT2D eigenvalue weighted by Gasteiger charge is -2.26. The number of nitrogens with one attached hydrogen (secondary N) is 1. The Balaban J connectivity index is 3.03. The van der Waals surface area contributed by atoms with Gasteiger partial charge in [-0.15, -0.1) is 5.10 Å². The second-order valence-electron chi connectivity index (χ2n) is 4.12. The summed E-state index contributed by atoms with van der Waals surface area (Å²) in [6.07, 6.45) is 0. The predicted molar refractivity (Wildman–Crippen MR) is 58.3 cm³/mol. The van der Waals surface area contributed by atoms with E-state index in [9.17, 15) is 14.9 Å². The Labute approximate surface area is 97.3 Å². The Hall–Kier alpha value is -1.96. The highest BCUT2D eigenvalue weighted by Crippen LogP contribution is 2.27. The number of esters is 1. The minimum Gasteiger partial charge on any atom is -0.468 e. The summed E-state index contributed by atoms with van der Waals surface area (Å²) in [5.74, 6) is -0.842. The highest BCUT2D eigenvalue weighted by atomic mass is 16.6. The van der Waals surface area contributed by atoms with E-state index in [0.29, 0.717) is 5.69 Å². The number of carbonyl (C=O) groups is 1. The monoisotopic (exact) mass is 242 g/mol. The van der Waals surface area contributed by atoms with Crippen molar-refractivity contribution in [3.63, 3.8) is 0 Å². The minimum absolute atomic E-state index is 0.245. The predicted octanol–water partition coefficient (Wildman–Crippen LogP) is 0.0958. The molecule has 1 rings (SSSR count). The molecule has 1 aromatic rings. The Bertz CT molecular complexity index is 440. The summed E-state index contributed by atoms with van der Waals surface area (Å²) in [5, 5.41) is 16.6. The molecule has 0 amide bonds. The number of carbonyl (C=O) groups excluding carboxylic acids is 1. The van der Waals surface area contributed by atoms with Gasteiger partial charge in [0.15, 0.2) is 0 Å². The lowest BCUT2D eigenvalue weighted by molar-refractivity contribution is -0.389. The van der Waals surface area contributed by atoms with E-state index in [1.807, 2.05) is 0 Å². The van der Waals surface area contributed by atoms with Gasteiger partial charge in [0.25, 0.3) is 0 Å². The van der Waals surface area contributed by atoms with E-state index in [1.165, 1.54) is 13.2 Å². The SMILES string of the molecule is COC(=O)C(N)C(C)(C)c1cc([N+](=O)[O-])[nH]n1. The Morgan fingerprint density at radius 2 is 2.29 bits per heavy atom. The molecule has 0 radical (unpaired) electrons. The normalized spacial score (nSPS) is 13.2. The molecule has 0 bridgehead atoms. The summed E-state index contributed by atoms with van der Waals surface area (Å²) in [4.78, 5) is 21.3. The van der Waals surface area contributed by atoms with Crippen LogP contribution in [-0.4, -0.2) is 34.2 Å². The van der Waals surface area contributed by atoms with Crippen LogP contribution in [0.25, 0.3) is 0 Å². The molecule has 1 unspecified atom stereocenters. The summed E-state index contributed by atoms with van der Waals surface area (Å²) in [6.45, 7) is 3.32. The number of rotatable bonds is 4. The molecule has 0 aromatic carbocycles. The van der Waals surface area contributed by atoms with Crippen LogP contribution in [0, 0.1) is 10.1 Å². The van der Waals surface area contributed by atoms with Crippen LogP contribution in [0.15, 0.2) is 6.07 Å². The number of hydrogen-bond acceptors (Lipinski definition) is 6. The van der Waals surface area contributed by atoms with Crippen molar-refractivity contribution in [3.05, 3.63) is 21.9 Å². The minimum atomic E-state index is -0.949. The number of methoxy groups -OCH3 is 1. The Morgan fingerprint density at radius 3 is 2.71 bits per heavy atom. The molecular weight excluding hydrogens is 228 g/mol. The summed E-state index contributed by atoms with van der Waals surface area (Å²) in [6, 6.07) is 0.304. The fraction of sp³-hybridized carbons (Fsp3) is 0.556. The first-order valence-corrected chi connectivity index (χ1v) is 4.84. The van der Waals surface area contributed by atoms with Crippen molar-refractivity contribution in [2.24, 2.45) is 5.73 Å². The molecule has 0 saturated carbocycles. The largest absolute Gasteiger partial charge is 0.468 e. The van der Waals surface area contributed by atoms with Gasteiger partial charge in [-0.2, -0.15) is 0 Å². The average Bonchev–Trinajstić information content (AvgIpc) is 2.76. The van der Waals surface area contributed by atoms with Gasteiger partial charge in [0, 0.05) is 5.41 Å². The zero-order valence-electron chi connectivity index (χ0n) is 9.76. The number of nitrogens with two attached hydrogens (primary N) is 1. The van der Waals surface area contributed by atoms with E-state index in [4.69, 9.17) is 5.73 Å². The number of hydrogen-bond donors (Lipinski definition) is 2. The number of nitro groups is 1. The van der Waals surface area contributed by atoms with E-state index >= 15 is 0 Å². The van der Waals surface area contributed by atoms with Crippen molar-refractivity contribution in [2.75, 3.05) is 7.11 Å². The molecule has 0 aliphatic carbocycles. The fourth-order valence-corrected chi connectivity index (χ4v) is 1.32. The maximum Gasteiger partial charge on any atom is 0.342 e. The average molecular weight is 242 g/mol. The van der Waals surface area contributed by atoms with E-state index in [-0.39, 0.29) is 5.82 Å². The van der Waals surface area contributed by atoms with Crippen LogP contribution in [0.3, 0.4) is 0 Å². The molecule has 17 heavy (non-hydrogen) atoms. The first-order valence-electron chi connectivity index (χ1n) is 4.84. The Morgan fingerprint density at radius 1 is 1.71 bits per heavy atom. The van der Waals surface area contributed by atoms with Crippen LogP contribution in [0.2, 0.25) is 0 Å². The number of ether oxygens (including phenoxy) is 1. The molecule has 3 N–H and O–H groups in total. The molecule has 1 atom stereocenters. The first kappa shape index (κ1) is 13.1. The van der Waals surface area contributed by atoms with E-state index in [0.717, 1.165) is 0 Å². The zero-order valence-corrected chi connectivity index (χ0v) is 9.76. The summed E-state index contributed by atoms with van der Waals surface area (Å²) >= 11 is 0. The topological polar surface area (TPSA) is 124 Å². The molecule has 94 valence electrons. The fourth-order valence-electron chi connectivity index (χ4n) is 1.32. The van der Waals surface area contributed by atoms with Gasteiger partial charge in [-0.3, -0.25) is 4.79 Å². The molecule has 0 saturated heterocycles. The molecule has 1 heterocycles. The van der Waals surface area contributed by atoms with E-state index in [2.05, 4.69) is 14.9 Å². The number of aromatic nitrogens is 2. The second-order valence-corrected chi connectivity index (χ2v) is 4.12. The summed E-state index contributed by atoms with van der Waals surface area (Å²) < 4.78 is 4.54. The Kier molecular flexibility index (Phi) is 3.47. The molecule has 8 heteroatoms. The van der Waals surface area contributed by atoms with Gasteiger partial charge in [0.1, 0.15) is 6.04 Å². The van der Waals surface area contributed by atoms with Gasteiger partial charge < -0.3 is 20.6 Å². The van der Waals surface area contributed by atoms with Crippen molar-refractivity contribution < 1.29 is 14.5 Å². The van der Waals surface area contributed by atoms with Gasteiger partial charge in [-0.25, -0.2) is 0 Å². The van der Waals surface area contributed by atoms with Gasteiger partial charge in [-0.1, -0.05) is 18.9 Å². The molecule has 8 nitrogen and oxygen atoms in total. The first-order chi connectivity index (χ1) is 7.80. The van der Waals surface area contributed by atoms with Crippen molar-refractivity contribution in [1.82, 2.24) is 10.2 Å². The molecule has 0 fully saturated rings. The third-order valence-electron chi connectivity index (χ3n) is 2.65. The quantitative estimate of drug-likeness (QED) is 0.438. The molecule has 1 aromatic heterocycles. The second kappa shape index (κ2) is 4.50. The maximum atomic E-state index is 11.4. The lowest BCUT2D eigenvalue weighted by atomic mass is 9.81. The van der Waals surface area contributed by atoms with Gasteiger partial charge in [0.2, 0.25) is 0 Å². The highest BCUT2D eigenvalue weighted by molar-refractivity contribution is 5.77. The number of H-pyrrole nitrogens is 1. The smallest absolute Gasteiger partial charge is 0.342 e. The molecular formula is C9H14N4O4. The third kappa shape index (κ3) is 2.41. The van der Waals surface area contributed by atoms with Crippen LogP contribution >= 0.6 is 0 Å². The van der Waals surface area contributed by atoms with Crippen LogP contribution in [0.5, 0.6) is 0 Å². The molecule has 0 spiro atoms. The maximum absolute atomic E-state index is 11.4. The van der Waals surface area contributed by atoms with E-state index in [1.54, 1.807) is 13.8 Å². The van der Waals surface area contributed by atoms with Crippen LogP contribution < -0.4 is 5.73 Å². The summed E-state index contributed by atoms with van der Waals surface area (Å²) in [7, 11) is 1.23. The van der Waals surface area contributed by atoms with Crippen LogP contribution in [0.4, 0.5) is 5.82 Å². The zero-order chi connectivity index (χ0) is 13.2. The number of nitrogens with zero attached hydrogens (tertiary/aromatic N) is 2. The van der Waals surface area contributed by atoms with Crippen molar-refractivity contribution in [1.29, 1.82) is 0 Å². The van der Waals surface area contributed by atoms with Crippen molar-refractivity contribution in [3.8, 4) is 0 Å². The van der Waals surface area contributed by atoms with Crippen LogP contribution in [-0.2, 0) is 14.9 Å². The highest BCUT2D eigenvalue weighted by Gasteiger charge is 2.38. The van der Waals surface area contributed by atoms with Gasteiger partial charge in [-0.05, 0) is 4.92 Å².